The zero-order valence-electron chi connectivity index (χ0n) is 21.0. The fourth-order valence-corrected chi connectivity index (χ4v) is 4.27. The average Bonchev–Trinajstić information content (AvgIpc) is 3.24. The minimum Gasteiger partial charge on any atom is -0.493 e. The number of carbonyl (C=O) groups excluding carboxylic acids is 1. The molecule has 0 fully saturated rings. The van der Waals surface area contributed by atoms with E-state index in [0.29, 0.717) is 25.3 Å². The molecule has 1 amide bonds. The number of para-hydroxylation sites is 2. The number of rotatable bonds is 12. The highest BCUT2D eigenvalue weighted by Gasteiger charge is 2.12. The second kappa shape index (κ2) is 12.1. The molecule has 0 spiro atoms. The Hall–Kier alpha value is -4.06. The molecule has 186 valence electrons. The van der Waals surface area contributed by atoms with E-state index in [2.05, 4.69) is 22.5 Å². The summed E-state index contributed by atoms with van der Waals surface area (Å²) in [6.45, 7) is 7.50. The number of carbonyl (C=O) groups is 1. The molecule has 0 saturated carbocycles. The molecule has 0 aliphatic carbocycles. The number of methoxy groups -OCH3 is 1. The van der Waals surface area contributed by atoms with Crippen molar-refractivity contribution in [1.82, 2.24) is 14.9 Å². The Morgan fingerprint density at radius 1 is 1.08 bits per heavy atom. The predicted octanol–water partition coefficient (Wildman–Crippen LogP) is 5.52. The van der Waals surface area contributed by atoms with Crippen LogP contribution in [0.25, 0.3) is 11.0 Å². The van der Waals surface area contributed by atoms with Gasteiger partial charge in [-0.2, -0.15) is 0 Å². The molecule has 6 nitrogen and oxygen atoms in total. The number of amides is 1. The summed E-state index contributed by atoms with van der Waals surface area (Å²) >= 11 is 0. The van der Waals surface area contributed by atoms with Crippen molar-refractivity contribution in [3.63, 3.8) is 0 Å². The quantitative estimate of drug-likeness (QED) is 0.213. The van der Waals surface area contributed by atoms with E-state index in [1.54, 1.807) is 7.11 Å². The first kappa shape index (κ1) is 25.0. The molecule has 0 aliphatic heterocycles. The van der Waals surface area contributed by atoms with Crippen molar-refractivity contribution in [3.05, 3.63) is 102 Å². The largest absolute Gasteiger partial charge is 0.493 e. The molecule has 0 atom stereocenters. The van der Waals surface area contributed by atoms with Crippen LogP contribution in [0.5, 0.6) is 11.5 Å². The lowest BCUT2D eigenvalue weighted by Crippen LogP contribution is -2.25. The van der Waals surface area contributed by atoms with Crippen molar-refractivity contribution in [2.45, 2.75) is 32.7 Å². The molecule has 4 aromatic rings. The van der Waals surface area contributed by atoms with E-state index in [-0.39, 0.29) is 5.91 Å². The van der Waals surface area contributed by atoms with Crippen LogP contribution in [0.2, 0.25) is 0 Å². The fraction of sp³-hybridized carbons (Fsp3) is 0.267. The highest BCUT2D eigenvalue weighted by atomic mass is 16.5. The summed E-state index contributed by atoms with van der Waals surface area (Å²) in [7, 11) is 1.65. The number of ether oxygens (including phenoxy) is 2. The lowest BCUT2D eigenvalue weighted by atomic mass is 10.1. The van der Waals surface area contributed by atoms with Crippen LogP contribution in [-0.4, -0.2) is 35.7 Å². The molecule has 1 heterocycles. The summed E-state index contributed by atoms with van der Waals surface area (Å²) in [5, 5.41) is 3.02. The van der Waals surface area contributed by atoms with E-state index in [4.69, 9.17) is 14.5 Å². The SMILES string of the molecule is C=CCc1ccc(OCCn2c(CCCNC(=O)c3cccc(C)c3)nc3ccccc32)c(OC)c1. The number of nitrogens with one attached hydrogen (secondary N) is 1. The number of nitrogens with zero attached hydrogens (tertiary/aromatic N) is 2. The third-order valence-corrected chi connectivity index (χ3v) is 6.06. The van der Waals surface area contributed by atoms with Gasteiger partial charge in [0.1, 0.15) is 12.4 Å². The molecule has 0 bridgehead atoms. The lowest BCUT2D eigenvalue weighted by molar-refractivity contribution is 0.0953. The van der Waals surface area contributed by atoms with Gasteiger partial charge in [-0.05, 0) is 61.7 Å². The highest BCUT2D eigenvalue weighted by Crippen LogP contribution is 2.28. The smallest absolute Gasteiger partial charge is 0.251 e. The van der Waals surface area contributed by atoms with E-state index in [1.807, 2.05) is 73.7 Å². The number of aryl methyl sites for hydroxylation is 2. The van der Waals surface area contributed by atoms with Crippen LogP contribution in [-0.2, 0) is 19.4 Å². The minimum atomic E-state index is -0.0475. The zero-order valence-corrected chi connectivity index (χ0v) is 21.0. The molecular formula is C30H33N3O3. The van der Waals surface area contributed by atoms with Crippen molar-refractivity contribution in [1.29, 1.82) is 0 Å². The summed E-state index contributed by atoms with van der Waals surface area (Å²) < 4.78 is 13.8. The Labute approximate surface area is 212 Å². The number of hydrogen-bond acceptors (Lipinski definition) is 4. The van der Waals surface area contributed by atoms with E-state index in [0.717, 1.165) is 58.7 Å². The molecule has 0 unspecified atom stereocenters. The summed E-state index contributed by atoms with van der Waals surface area (Å²) in [4.78, 5) is 17.3. The van der Waals surface area contributed by atoms with Crippen molar-refractivity contribution in [2.75, 3.05) is 20.3 Å². The number of allylic oxidation sites excluding steroid dienone is 1. The number of benzene rings is 3. The molecule has 6 heteroatoms. The monoisotopic (exact) mass is 483 g/mol. The Morgan fingerprint density at radius 2 is 1.94 bits per heavy atom. The van der Waals surface area contributed by atoms with Gasteiger partial charge in [0.15, 0.2) is 11.5 Å². The first-order chi connectivity index (χ1) is 17.6. The summed E-state index contributed by atoms with van der Waals surface area (Å²) in [6, 6.07) is 21.7. The molecule has 0 saturated heterocycles. The van der Waals surface area contributed by atoms with Crippen LogP contribution in [0.3, 0.4) is 0 Å². The zero-order chi connectivity index (χ0) is 25.3. The first-order valence-electron chi connectivity index (χ1n) is 12.3. The molecule has 0 aliphatic rings. The molecule has 0 radical (unpaired) electrons. The maximum atomic E-state index is 12.4. The average molecular weight is 484 g/mol. The summed E-state index contributed by atoms with van der Waals surface area (Å²) in [5.41, 5.74) is 4.93. The molecule has 4 rings (SSSR count). The number of aromatic nitrogens is 2. The Bertz CT molecular complexity index is 1340. The molecule has 36 heavy (non-hydrogen) atoms. The third-order valence-electron chi connectivity index (χ3n) is 6.06. The van der Waals surface area contributed by atoms with Crippen LogP contribution in [0.15, 0.2) is 79.4 Å². The van der Waals surface area contributed by atoms with Gasteiger partial charge in [-0.3, -0.25) is 4.79 Å². The second-order valence-corrected chi connectivity index (χ2v) is 8.72. The standard InChI is InChI=1S/C30H33N3O3/c1-4-9-23-15-16-27(28(21-23)35-3)36-19-18-33-26-13-6-5-12-25(26)32-29(33)14-8-17-31-30(34)24-11-7-10-22(2)20-24/h4-7,10-13,15-16,20-21H,1,8-9,14,17-19H2,2-3H3,(H,31,34). The first-order valence-corrected chi connectivity index (χ1v) is 12.3. The molecular weight excluding hydrogens is 450 g/mol. The van der Waals surface area contributed by atoms with E-state index in [1.165, 1.54) is 0 Å². The minimum absolute atomic E-state index is 0.0475. The van der Waals surface area contributed by atoms with Gasteiger partial charge in [-0.1, -0.05) is 42.0 Å². The van der Waals surface area contributed by atoms with Crippen LogP contribution >= 0.6 is 0 Å². The number of fused-ring (bicyclic) bond motifs is 1. The van der Waals surface area contributed by atoms with Gasteiger partial charge in [-0.15, -0.1) is 6.58 Å². The van der Waals surface area contributed by atoms with Crippen molar-refractivity contribution in [2.24, 2.45) is 0 Å². The maximum Gasteiger partial charge on any atom is 0.251 e. The predicted molar refractivity (Wildman–Crippen MR) is 144 cm³/mol. The molecule has 3 aromatic carbocycles. The van der Waals surface area contributed by atoms with Gasteiger partial charge >= 0.3 is 0 Å². The van der Waals surface area contributed by atoms with Gasteiger partial charge in [0.25, 0.3) is 5.91 Å². The second-order valence-electron chi connectivity index (χ2n) is 8.72. The topological polar surface area (TPSA) is 65.4 Å². The van der Waals surface area contributed by atoms with E-state index in [9.17, 15) is 4.79 Å². The maximum absolute atomic E-state index is 12.4. The van der Waals surface area contributed by atoms with Gasteiger partial charge in [-0.25, -0.2) is 4.98 Å². The van der Waals surface area contributed by atoms with Crippen molar-refractivity contribution in [3.8, 4) is 11.5 Å². The Balaban J connectivity index is 1.38. The van der Waals surface area contributed by atoms with E-state index >= 15 is 0 Å². The van der Waals surface area contributed by atoms with Gasteiger partial charge in [0.05, 0.1) is 24.7 Å². The molecule has 1 N–H and O–H groups in total. The Morgan fingerprint density at radius 3 is 2.75 bits per heavy atom. The summed E-state index contributed by atoms with van der Waals surface area (Å²) in [6.07, 6.45) is 4.20. The van der Waals surface area contributed by atoms with Crippen molar-refractivity contribution >= 4 is 16.9 Å². The van der Waals surface area contributed by atoms with Crippen LogP contribution < -0.4 is 14.8 Å². The van der Waals surface area contributed by atoms with Gasteiger partial charge in [0, 0.05) is 18.5 Å². The van der Waals surface area contributed by atoms with Gasteiger partial charge in [0.2, 0.25) is 0 Å². The Kier molecular flexibility index (Phi) is 8.40. The highest BCUT2D eigenvalue weighted by molar-refractivity contribution is 5.94. The molecule has 1 aromatic heterocycles. The summed E-state index contributed by atoms with van der Waals surface area (Å²) in [5.74, 6) is 2.37. The van der Waals surface area contributed by atoms with Crippen LogP contribution in [0.1, 0.15) is 33.7 Å². The third kappa shape index (κ3) is 6.13. The van der Waals surface area contributed by atoms with Crippen LogP contribution in [0.4, 0.5) is 0 Å². The normalized spacial score (nSPS) is 10.8. The van der Waals surface area contributed by atoms with Crippen molar-refractivity contribution < 1.29 is 14.3 Å². The fourth-order valence-electron chi connectivity index (χ4n) is 4.27. The van der Waals surface area contributed by atoms with E-state index < -0.39 is 0 Å². The van der Waals surface area contributed by atoms with Gasteiger partial charge < -0.3 is 19.4 Å². The van der Waals surface area contributed by atoms with Crippen LogP contribution in [0, 0.1) is 6.92 Å². The number of hydrogen-bond donors (Lipinski definition) is 1. The lowest BCUT2D eigenvalue weighted by Gasteiger charge is -2.14. The number of imidazole rings is 1.